The zero-order valence-electron chi connectivity index (χ0n) is 15.2. The van der Waals surface area contributed by atoms with Crippen LogP contribution in [-0.2, 0) is 9.84 Å². The number of aliphatic hydroxyl groups is 1. The van der Waals surface area contributed by atoms with Gasteiger partial charge in [0.1, 0.15) is 17.4 Å². The van der Waals surface area contributed by atoms with Gasteiger partial charge in [0.25, 0.3) is 0 Å². The van der Waals surface area contributed by atoms with Crippen molar-refractivity contribution in [2.75, 3.05) is 5.75 Å². The first-order chi connectivity index (χ1) is 13.8. The molecule has 0 radical (unpaired) electrons. The second kappa shape index (κ2) is 7.74. The van der Waals surface area contributed by atoms with E-state index in [1.165, 1.54) is 12.1 Å². The van der Waals surface area contributed by atoms with Crippen LogP contribution in [0.4, 0.5) is 0 Å². The Kier molecular flexibility index (Phi) is 5.44. The fourth-order valence-electron chi connectivity index (χ4n) is 3.08. The molecule has 4 aromatic rings. The molecule has 150 valence electrons. The molecule has 4 rings (SSSR count). The lowest BCUT2D eigenvalue weighted by atomic mass is 10.1. The maximum atomic E-state index is 12.0. The highest BCUT2D eigenvalue weighted by Crippen LogP contribution is 2.40. The highest BCUT2D eigenvalue weighted by atomic mass is 35.5. The van der Waals surface area contributed by atoms with Crippen LogP contribution in [0.2, 0.25) is 10.0 Å². The Morgan fingerprint density at radius 2 is 1.93 bits per heavy atom. The first-order valence-electron chi connectivity index (χ1n) is 8.72. The molecule has 0 saturated carbocycles. The van der Waals surface area contributed by atoms with Crippen LogP contribution in [0.15, 0.2) is 52.1 Å². The van der Waals surface area contributed by atoms with E-state index < -0.39 is 15.9 Å². The van der Waals surface area contributed by atoms with Crippen molar-refractivity contribution in [1.82, 2.24) is 9.97 Å². The minimum absolute atomic E-state index is 0.0181. The van der Waals surface area contributed by atoms with Gasteiger partial charge < -0.3 is 10.1 Å². The molecule has 2 N–H and O–H groups in total. The van der Waals surface area contributed by atoms with Crippen molar-refractivity contribution in [3.05, 3.63) is 68.6 Å². The van der Waals surface area contributed by atoms with Gasteiger partial charge in [0.15, 0.2) is 9.84 Å². The molecule has 0 amide bonds. The molecule has 0 bridgehead atoms. The van der Waals surface area contributed by atoms with E-state index in [2.05, 4.69) is 9.97 Å². The molecule has 0 fully saturated rings. The van der Waals surface area contributed by atoms with E-state index in [0.717, 1.165) is 5.56 Å². The van der Waals surface area contributed by atoms with Gasteiger partial charge in [-0.05, 0) is 46.2 Å². The van der Waals surface area contributed by atoms with E-state index >= 15 is 0 Å². The molecule has 2 aromatic carbocycles. The van der Waals surface area contributed by atoms with Crippen molar-refractivity contribution in [3.8, 4) is 11.1 Å². The number of halogens is 2. The smallest absolute Gasteiger partial charge is 0.178 e. The van der Waals surface area contributed by atoms with Gasteiger partial charge in [0.05, 0.1) is 26.2 Å². The number of aliphatic hydroxyl groups excluding tert-OH is 1. The molecule has 0 aliphatic carbocycles. The summed E-state index contributed by atoms with van der Waals surface area (Å²) >= 11 is 14.6. The SMILES string of the molecule is CCS(=O)(=O)c1ccc(C(O)c2nc3c(Cl)c(-c4ccsc4)c(Cl)cc3[nH]2)cc1. The summed E-state index contributed by atoms with van der Waals surface area (Å²) in [5.41, 5.74) is 3.24. The molecule has 0 aliphatic heterocycles. The van der Waals surface area contributed by atoms with E-state index in [0.29, 0.717) is 38.0 Å². The van der Waals surface area contributed by atoms with Crippen LogP contribution in [0.1, 0.15) is 24.4 Å². The zero-order chi connectivity index (χ0) is 20.8. The van der Waals surface area contributed by atoms with Crippen LogP contribution in [-0.4, -0.2) is 29.2 Å². The fourth-order valence-corrected chi connectivity index (χ4v) is 5.33. The quantitative estimate of drug-likeness (QED) is 0.408. The molecule has 2 heterocycles. The van der Waals surface area contributed by atoms with E-state index in [-0.39, 0.29) is 10.6 Å². The van der Waals surface area contributed by atoms with Gasteiger partial charge in [0, 0.05) is 5.56 Å². The number of thiophene rings is 1. The largest absolute Gasteiger partial charge is 0.380 e. The molecule has 1 unspecified atom stereocenters. The minimum Gasteiger partial charge on any atom is -0.380 e. The normalized spacial score (nSPS) is 13.1. The van der Waals surface area contributed by atoms with Gasteiger partial charge in [0.2, 0.25) is 0 Å². The first-order valence-corrected chi connectivity index (χ1v) is 12.1. The Bertz CT molecular complexity index is 1280. The summed E-state index contributed by atoms with van der Waals surface area (Å²) in [6.07, 6.45) is -1.07. The standard InChI is InChI=1S/C20H16Cl2N2O3S2/c1-2-29(26,27)13-5-3-11(4-6-13)19(25)20-23-15-9-14(21)16(12-7-8-28-10-12)17(22)18(15)24-20/h3-10,19,25H,2H2,1H3,(H,23,24). The average Bonchev–Trinajstić information content (AvgIpc) is 3.38. The lowest BCUT2D eigenvalue weighted by Crippen LogP contribution is -2.05. The van der Waals surface area contributed by atoms with Gasteiger partial charge in [-0.2, -0.15) is 11.3 Å². The van der Waals surface area contributed by atoms with Crippen LogP contribution in [0.3, 0.4) is 0 Å². The third kappa shape index (κ3) is 3.69. The van der Waals surface area contributed by atoms with Gasteiger partial charge in [-0.15, -0.1) is 0 Å². The number of nitrogens with zero attached hydrogens (tertiary/aromatic N) is 1. The van der Waals surface area contributed by atoms with Crippen molar-refractivity contribution in [1.29, 1.82) is 0 Å². The van der Waals surface area contributed by atoms with Crippen molar-refractivity contribution >= 4 is 55.4 Å². The monoisotopic (exact) mass is 466 g/mol. The summed E-state index contributed by atoms with van der Waals surface area (Å²) in [5, 5.41) is 15.5. The Labute approximate surface area is 181 Å². The van der Waals surface area contributed by atoms with E-state index in [1.807, 2.05) is 16.8 Å². The van der Waals surface area contributed by atoms with Gasteiger partial charge in [-0.3, -0.25) is 0 Å². The molecule has 2 aromatic heterocycles. The Morgan fingerprint density at radius 1 is 1.21 bits per heavy atom. The summed E-state index contributed by atoms with van der Waals surface area (Å²) < 4.78 is 23.9. The van der Waals surface area contributed by atoms with Crippen molar-refractivity contribution in [2.24, 2.45) is 0 Å². The molecular weight excluding hydrogens is 451 g/mol. The number of benzene rings is 2. The predicted octanol–water partition coefficient (Wildman–Crippen LogP) is 5.47. The second-order valence-corrected chi connectivity index (χ2v) is 10.3. The molecule has 0 saturated heterocycles. The highest BCUT2D eigenvalue weighted by Gasteiger charge is 2.21. The van der Waals surface area contributed by atoms with Crippen LogP contribution < -0.4 is 0 Å². The first kappa shape index (κ1) is 20.4. The summed E-state index contributed by atoms with van der Waals surface area (Å²) in [6, 6.07) is 9.78. The molecule has 0 spiro atoms. The molecular formula is C20H16Cl2N2O3S2. The van der Waals surface area contributed by atoms with Gasteiger partial charge in [-0.25, -0.2) is 13.4 Å². The number of hydrogen-bond donors (Lipinski definition) is 2. The molecule has 5 nitrogen and oxygen atoms in total. The average molecular weight is 467 g/mol. The summed E-state index contributed by atoms with van der Waals surface area (Å²) in [7, 11) is -3.30. The maximum absolute atomic E-state index is 12.0. The van der Waals surface area contributed by atoms with E-state index in [4.69, 9.17) is 23.2 Å². The third-order valence-corrected chi connectivity index (χ3v) is 7.79. The topological polar surface area (TPSA) is 83.1 Å². The number of sulfone groups is 1. The molecule has 9 heteroatoms. The molecule has 29 heavy (non-hydrogen) atoms. The van der Waals surface area contributed by atoms with Crippen LogP contribution >= 0.6 is 34.5 Å². The van der Waals surface area contributed by atoms with Crippen LogP contribution in [0, 0.1) is 0 Å². The Hall–Kier alpha value is -1.90. The summed E-state index contributed by atoms with van der Waals surface area (Å²) in [6.45, 7) is 1.59. The second-order valence-electron chi connectivity index (χ2n) is 6.45. The summed E-state index contributed by atoms with van der Waals surface area (Å²) in [5.74, 6) is 0.316. The number of aromatic amines is 1. The molecule has 1 atom stereocenters. The van der Waals surface area contributed by atoms with Crippen molar-refractivity contribution < 1.29 is 13.5 Å². The number of aromatic nitrogens is 2. The Balaban J connectivity index is 1.74. The zero-order valence-corrected chi connectivity index (χ0v) is 18.3. The number of hydrogen-bond acceptors (Lipinski definition) is 5. The van der Waals surface area contributed by atoms with Crippen molar-refractivity contribution in [3.63, 3.8) is 0 Å². The van der Waals surface area contributed by atoms with E-state index in [1.54, 1.807) is 36.5 Å². The number of imidazole rings is 1. The Morgan fingerprint density at radius 3 is 2.55 bits per heavy atom. The lowest BCUT2D eigenvalue weighted by molar-refractivity contribution is 0.211. The van der Waals surface area contributed by atoms with Gasteiger partial charge >= 0.3 is 0 Å². The fraction of sp³-hybridized carbons (Fsp3) is 0.150. The highest BCUT2D eigenvalue weighted by molar-refractivity contribution is 7.91. The number of H-pyrrole nitrogens is 1. The summed E-state index contributed by atoms with van der Waals surface area (Å²) in [4.78, 5) is 7.75. The van der Waals surface area contributed by atoms with Crippen LogP contribution in [0.25, 0.3) is 22.2 Å². The third-order valence-electron chi connectivity index (χ3n) is 4.69. The van der Waals surface area contributed by atoms with Crippen molar-refractivity contribution in [2.45, 2.75) is 17.9 Å². The lowest BCUT2D eigenvalue weighted by Gasteiger charge is -2.09. The predicted molar refractivity (Wildman–Crippen MR) is 118 cm³/mol. The number of fused-ring (bicyclic) bond motifs is 1. The van der Waals surface area contributed by atoms with Gasteiger partial charge in [-0.1, -0.05) is 42.3 Å². The number of rotatable bonds is 5. The van der Waals surface area contributed by atoms with E-state index in [9.17, 15) is 13.5 Å². The molecule has 0 aliphatic rings. The number of nitrogens with one attached hydrogen (secondary N) is 1. The van der Waals surface area contributed by atoms with Crippen LogP contribution in [0.5, 0.6) is 0 Å². The maximum Gasteiger partial charge on any atom is 0.178 e. The minimum atomic E-state index is -3.30.